The highest BCUT2D eigenvalue weighted by Crippen LogP contribution is 2.01. The lowest BCUT2D eigenvalue weighted by Gasteiger charge is -2.27. The molecule has 3 heteroatoms. The van der Waals surface area contributed by atoms with Gasteiger partial charge >= 0.3 is 0 Å². The second-order valence-electron chi connectivity index (χ2n) is 2.46. The first-order chi connectivity index (χ1) is 6.34. The van der Waals surface area contributed by atoms with E-state index < -0.39 is 0 Å². The number of hydrogen-bond donors (Lipinski definition) is 3. The van der Waals surface area contributed by atoms with E-state index in [9.17, 15) is 5.11 Å². The van der Waals surface area contributed by atoms with Crippen molar-refractivity contribution in [3.63, 3.8) is 0 Å². The van der Waals surface area contributed by atoms with Crippen LogP contribution in [0.25, 0.3) is 0 Å². The summed E-state index contributed by atoms with van der Waals surface area (Å²) in [5.74, 6) is 0. The van der Waals surface area contributed by atoms with E-state index in [2.05, 4.69) is 10.6 Å². The van der Waals surface area contributed by atoms with Gasteiger partial charge in [0.05, 0.1) is 6.10 Å². The molecule has 0 saturated carbocycles. The summed E-state index contributed by atoms with van der Waals surface area (Å²) in [4.78, 5) is 0. The largest absolute Gasteiger partial charge is 0.391 e. The summed E-state index contributed by atoms with van der Waals surface area (Å²) >= 11 is 0. The Kier molecular flexibility index (Phi) is 14.0. The maximum atomic E-state index is 9.27. The lowest BCUT2D eigenvalue weighted by molar-refractivity contribution is 0.103. The van der Waals surface area contributed by atoms with Gasteiger partial charge in [-0.05, 0) is 20.0 Å². The summed E-state index contributed by atoms with van der Waals surface area (Å²) in [6.07, 6.45) is 0.710. The van der Waals surface area contributed by atoms with Gasteiger partial charge in [0.15, 0.2) is 0 Å². The van der Waals surface area contributed by atoms with Crippen LogP contribution in [0.2, 0.25) is 0 Å². The van der Waals surface area contributed by atoms with Crippen molar-refractivity contribution in [2.24, 2.45) is 0 Å². The van der Waals surface area contributed by atoms with Gasteiger partial charge in [0, 0.05) is 12.6 Å². The summed E-state index contributed by atoms with van der Waals surface area (Å²) in [5.41, 5.74) is 0. The molecule has 13 heavy (non-hydrogen) atoms. The Morgan fingerprint density at radius 1 is 1.23 bits per heavy atom. The van der Waals surface area contributed by atoms with E-state index in [0.29, 0.717) is 0 Å². The number of rotatable bonds is 1. The number of hydrogen-bond acceptors (Lipinski definition) is 3. The van der Waals surface area contributed by atoms with Gasteiger partial charge in [0.25, 0.3) is 0 Å². The van der Waals surface area contributed by atoms with E-state index in [-0.39, 0.29) is 12.1 Å². The molecule has 1 fully saturated rings. The summed E-state index contributed by atoms with van der Waals surface area (Å²) < 4.78 is 0. The molecule has 2 atom stereocenters. The molecule has 0 aromatic heterocycles. The predicted octanol–water partition coefficient (Wildman–Crippen LogP) is 0.981. The van der Waals surface area contributed by atoms with Crippen molar-refractivity contribution >= 4 is 0 Å². The molecule has 2 unspecified atom stereocenters. The first-order valence-corrected chi connectivity index (χ1v) is 5.40. The Morgan fingerprint density at radius 3 is 2.08 bits per heavy atom. The van der Waals surface area contributed by atoms with Gasteiger partial charge in [-0.2, -0.15) is 0 Å². The lowest BCUT2D eigenvalue weighted by Crippen LogP contribution is -2.50. The van der Waals surface area contributed by atoms with Gasteiger partial charge in [-0.3, -0.25) is 0 Å². The van der Waals surface area contributed by atoms with E-state index in [1.54, 1.807) is 0 Å². The van der Waals surface area contributed by atoms with Crippen LogP contribution in [0.3, 0.4) is 0 Å². The molecule has 1 rings (SSSR count). The first-order valence-electron chi connectivity index (χ1n) is 5.40. The molecule has 0 amide bonds. The molecule has 1 heterocycles. The molecule has 1 aliphatic heterocycles. The average Bonchev–Trinajstić information content (AvgIpc) is 2.24. The molecule has 0 spiro atoms. The third kappa shape index (κ3) is 6.99. The van der Waals surface area contributed by atoms with Crippen LogP contribution in [-0.4, -0.2) is 37.4 Å². The highest BCUT2D eigenvalue weighted by atomic mass is 16.3. The minimum Gasteiger partial charge on any atom is -0.391 e. The number of nitrogens with one attached hydrogen (secondary N) is 2. The van der Waals surface area contributed by atoms with Gasteiger partial charge in [-0.25, -0.2) is 0 Å². The summed E-state index contributed by atoms with van der Waals surface area (Å²) in [7, 11) is 1.88. The molecule has 0 aliphatic carbocycles. The second-order valence-corrected chi connectivity index (χ2v) is 2.46. The van der Waals surface area contributed by atoms with Crippen molar-refractivity contribution in [2.45, 2.75) is 46.3 Å². The molecule has 0 radical (unpaired) electrons. The van der Waals surface area contributed by atoms with E-state index in [4.69, 9.17) is 0 Å². The summed E-state index contributed by atoms with van der Waals surface area (Å²) in [6.45, 7) is 9.83. The van der Waals surface area contributed by atoms with Crippen LogP contribution in [-0.2, 0) is 0 Å². The molecular formula is C10H26N2O. The van der Waals surface area contributed by atoms with Gasteiger partial charge < -0.3 is 15.7 Å². The second kappa shape index (κ2) is 11.9. The van der Waals surface area contributed by atoms with Gasteiger partial charge in [0.2, 0.25) is 0 Å². The van der Waals surface area contributed by atoms with Crippen LogP contribution in [0.15, 0.2) is 0 Å². The summed E-state index contributed by atoms with van der Waals surface area (Å²) in [6, 6.07) is 0.249. The first kappa shape index (κ1) is 15.4. The van der Waals surface area contributed by atoms with E-state index in [1.807, 2.05) is 34.7 Å². The quantitative estimate of drug-likeness (QED) is 0.577. The van der Waals surface area contributed by atoms with Gasteiger partial charge in [-0.1, -0.05) is 27.7 Å². The molecule has 3 N–H and O–H groups in total. The molecular weight excluding hydrogens is 164 g/mol. The SMILES string of the molecule is CC.CC.CNC1CNCCC1O. The minimum absolute atomic E-state index is 0.156. The highest BCUT2D eigenvalue weighted by Gasteiger charge is 2.19. The van der Waals surface area contributed by atoms with Gasteiger partial charge in [0.1, 0.15) is 0 Å². The molecule has 0 aromatic carbocycles. The maximum absolute atomic E-state index is 9.27. The smallest absolute Gasteiger partial charge is 0.0717 e. The average molecular weight is 190 g/mol. The standard InChI is InChI=1S/C6H14N2O.2C2H6/c1-7-5-4-8-3-2-6(5)9;2*1-2/h5-9H,2-4H2,1H3;2*1-2H3. The number of piperidine rings is 1. The third-order valence-corrected chi connectivity index (χ3v) is 1.82. The Morgan fingerprint density at radius 2 is 1.77 bits per heavy atom. The Labute approximate surface area is 82.9 Å². The van der Waals surface area contributed by atoms with Crippen LogP contribution < -0.4 is 10.6 Å². The molecule has 1 saturated heterocycles. The number of aliphatic hydroxyl groups excluding tert-OH is 1. The zero-order chi connectivity index (χ0) is 10.7. The Hall–Kier alpha value is -0.120. The topological polar surface area (TPSA) is 44.3 Å². The van der Waals surface area contributed by atoms with E-state index in [1.165, 1.54) is 0 Å². The van der Waals surface area contributed by atoms with Crippen LogP contribution in [0, 0.1) is 0 Å². The predicted molar refractivity (Wildman–Crippen MR) is 59.0 cm³/mol. The fourth-order valence-electron chi connectivity index (χ4n) is 1.14. The van der Waals surface area contributed by atoms with Gasteiger partial charge in [-0.15, -0.1) is 0 Å². The van der Waals surface area contributed by atoms with Crippen LogP contribution in [0.5, 0.6) is 0 Å². The van der Waals surface area contributed by atoms with Crippen LogP contribution in [0.4, 0.5) is 0 Å². The molecule has 3 nitrogen and oxygen atoms in total. The lowest BCUT2D eigenvalue weighted by atomic mass is 10.0. The monoisotopic (exact) mass is 190 g/mol. The van der Waals surface area contributed by atoms with Crippen LogP contribution in [0.1, 0.15) is 34.1 Å². The highest BCUT2D eigenvalue weighted by molar-refractivity contribution is 4.81. The third-order valence-electron chi connectivity index (χ3n) is 1.82. The van der Waals surface area contributed by atoms with Crippen molar-refractivity contribution in [1.82, 2.24) is 10.6 Å². The fraction of sp³-hybridized carbons (Fsp3) is 1.00. The maximum Gasteiger partial charge on any atom is 0.0717 e. The molecule has 1 aliphatic rings. The summed E-state index contributed by atoms with van der Waals surface area (Å²) in [5, 5.41) is 15.5. The van der Waals surface area contributed by atoms with Crippen molar-refractivity contribution in [3.8, 4) is 0 Å². The zero-order valence-electron chi connectivity index (χ0n) is 9.72. The van der Waals surface area contributed by atoms with E-state index >= 15 is 0 Å². The zero-order valence-corrected chi connectivity index (χ0v) is 9.72. The molecule has 0 bridgehead atoms. The van der Waals surface area contributed by atoms with E-state index in [0.717, 1.165) is 19.5 Å². The number of likely N-dealkylation sites (N-methyl/N-ethyl adjacent to an activating group) is 1. The van der Waals surface area contributed by atoms with Crippen molar-refractivity contribution in [3.05, 3.63) is 0 Å². The molecule has 82 valence electrons. The molecule has 0 aromatic rings. The normalized spacial score (nSPS) is 26.3. The Bertz CT molecular complexity index is 89.0. The van der Waals surface area contributed by atoms with Crippen molar-refractivity contribution in [1.29, 1.82) is 0 Å². The van der Waals surface area contributed by atoms with Crippen molar-refractivity contribution < 1.29 is 5.11 Å². The minimum atomic E-state index is -0.156. The fourth-order valence-corrected chi connectivity index (χ4v) is 1.14. The number of aliphatic hydroxyl groups is 1. The van der Waals surface area contributed by atoms with Crippen molar-refractivity contribution in [2.75, 3.05) is 20.1 Å². The van der Waals surface area contributed by atoms with Crippen LogP contribution >= 0.6 is 0 Å². The Balaban J connectivity index is 0.